The summed E-state index contributed by atoms with van der Waals surface area (Å²) < 4.78 is 9.73. The number of nitro groups is 1. The highest BCUT2D eigenvalue weighted by Gasteiger charge is 2.22. The van der Waals surface area contributed by atoms with Crippen LogP contribution in [0.2, 0.25) is 0 Å². The topological polar surface area (TPSA) is 105 Å². The molecule has 0 heterocycles. The standard InChI is InChI=1S/C9H10N2O5/c1-15-7-4-5(9(10)12)3-6(11(13)14)8(7)16-2/h3-4H,1-2H3,(H2,10,12). The van der Waals surface area contributed by atoms with E-state index in [1.165, 1.54) is 20.3 Å². The highest BCUT2D eigenvalue weighted by atomic mass is 16.6. The van der Waals surface area contributed by atoms with E-state index < -0.39 is 10.8 Å². The van der Waals surface area contributed by atoms with Gasteiger partial charge in [-0.25, -0.2) is 0 Å². The monoisotopic (exact) mass is 226 g/mol. The number of benzene rings is 1. The molecule has 1 rings (SSSR count). The van der Waals surface area contributed by atoms with Crippen molar-refractivity contribution < 1.29 is 19.2 Å². The van der Waals surface area contributed by atoms with Crippen LogP contribution >= 0.6 is 0 Å². The average Bonchev–Trinajstić information content (AvgIpc) is 2.26. The second kappa shape index (κ2) is 4.47. The van der Waals surface area contributed by atoms with Gasteiger partial charge >= 0.3 is 5.69 Å². The van der Waals surface area contributed by atoms with Crippen molar-refractivity contribution in [2.24, 2.45) is 5.73 Å². The number of carbonyl (C=O) groups excluding carboxylic acids is 1. The molecule has 0 unspecified atom stereocenters. The molecule has 0 aliphatic carbocycles. The summed E-state index contributed by atoms with van der Waals surface area (Å²) in [6, 6.07) is 2.33. The van der Waals surface area contributed by atoms with E-state index in [2.05, 4.69) is 0 Å². The Morgan fingerprint density at radius 3 is 2.38 bits per heavy atom. The molecule has 7 nitrogen and oxygen atoms in total. The van der Waals surface area contributed by atoms with Gasteiger partial charge in [0.05, 0.1) is 19.1 Å². The Morgan fingerprint density at radius 2 is 2.00 bits per heavy atom. The molecule has 16 heavy (non-hydrogen) atoms. The zero-order valence-electron chi connectivity index (χ0n) is 8.72. The molecular formula is C9H10N2O5. The van der Waals surface area contributed by atoms with Crippen molar-refractivity contribution in [1.29, 1.82) is 0 Å². The molecule has 86 valence electrons. The fourth-order valence-electron chi connectivity index (χ4n) is 1.22. The summed E-state index contributed by atoms with van der Waals surface area (Å²) in [5.74, 6) is -0.730. The average molecular weight is 226 g/mol. The van der Waals surface area contributed by atoms with Crippen LogP contribution in [0.25, 0.3) is 0 Å². The van der Waals surface area contributed by atoms with Crippen LogP contribution in [0.4, 0.5) is 5.69 Å². The normalized spacial score (nSPS) is 9.62. The molecule has 0 aliphatic heterocycles. The molecule has 1 aromatic rings. The Bertz CT molecular complexity index is 444. The summed E-state index contributed by atoms with van der Waals surface area (Å²) in [6.07, 6.45) is 0. The predicted octanol–water partition coefficient (Wildman–Crippen LogP) is 0.711. The Labute approximate surface area is 90.9 Å². The van der Waals surface area contributed by atoms with Crippen molar-refractivity contribution in [3.63, 3.8) is 0 Å². The summed E-state index contributed by atoms with van der Waals surface area (Å²) in [5.41, 5.74) is 4.67. The quantitative estimate of drug-likeness (QED) is 0.601. The predicted molar refractivity (Wildman–Crippen MR) is 54.7 cm³/mol. The third kappa shape index (κ3) is 2.02. The lowest BCUT2D eigenvalue weighted by atomic mass is 10.1. The molecule has 0 radical (unpaired) electrons. The number of nitro benzene ring substituents is 1. The molecule has 0 saturated heterocycles. The largest absolute Gasteiger partial charge is 0.493 e. The van der Waals surface area contributed by atoms with Crippen molar-refractivity contribution in [1.82, 2.24) is 0 Å². The van der Waals surface area contributed by atoms with Crippen LogP contribution in [-0.2, 0) is 0 Å². The zero-order chi connectivity index (χ0) is 12.3. The maximum Gasteiger partial charge on any atom is 0.315 e. The van der Waals surface area contributed by atoms with Gasteiger partial charge in [-0.05, 0) is 6.07 Å². The minimum absolute atomic E-state index is 0.00986. The van der Waals surface area contributed by atoms with Crippen LogP contribution in [0.1, 0.15) is 10.4 Å². The number of hydrogen-bond acceptors (Lipinski definition) is 5. The first kappa shape index (κ1) is 11.8. The van der Waals surface area contributed by atoms with E-state index >= 15 is 0 Å². The van der Waals surface area contributed by atoms with Gasteiger partial charge in [-0.1, -0.05) is 0 Å². The molecule has 1 aromatic carbocycles. The molecule has 0 bridgehead atoms. The molecule has 1 amide bonds. The van der Waals surface area contributed by atoms with E-state index in [0.29, 0.717) is 0 Å². The molecule has 0 aliphatic rings. The fraction of sp³-hybridized carbons (Fsp3) is 0.222. The Morgan fingerprint density at radius 1 is 1.38 bits per heavy atom. The van der Waals surface area contributed by atoms with E-state index in [9.17, 15) is 14.9 Å². The van der Waals surface area contributed by atoms with Crippen LogP contribution in [0, 0.1) is 10.1 Å². The fourth-order valence-corrected chi connectivity index (χ4v) is 1.22. The SMILES string of the molecule is COc1cc(C(N)=O)cc([N+](=O)[O-])c1OC. The van der Waals surface area contributed by atoms with Crippen LogP contribution in [-0.4, -0.2) is 25.1 Å². The highest BCUT2D eigenvalue weighted by molar-refractivity contribution is 5.94. The van der Waals surface area contributed by atoms with E-state index in [-0.39, 0.29) is 22.7 Å². The lowest BCUT2D eigenvalue weighted by Gasteiger charge is -2.08. The molecule has 0 atom stereocenters. The summed E-state index contributed by atoms with van der Waals surface area (Å²) in [4.78, 5) is 21.0. The molecule has 0 fully saturated rings. The number of hydrogen-bond donors (Lipinski definition) is 1. The number of carbonyl (C=O) groups is 1. The summed E-state index contributed by atoms with van der Waals surface area (Å²) in [5, 5.41) is 10.7. The number of nitrogens with two attached hydrogens (primary N) is 1. The lowest BCUT2D eigenvalue weighted by Crippen LogP contribution is -2.12. The molecular weight excluding hydrogens is 216 g/mol. The minimum atomic E-state index is -0.774. The van der Waals surface area contributed by atoms with Crippen LogP contribution in [0.15, 0.2) is 12.1 Å². The molecule has 0 spiro atoms. The second-order valence-corrected chi connectivity index (χ2v) is 2.85. The Hall–Kier alpha value is -2.31. The highest BCUT2D eigenvalue weighted by Crippen LogP contribution is 2.37. The first-order valence-corrected chi connectivity index (χ1v) is 4.21. The van der Waals surface area contributed by atoms with Crippen molar-refractivity contribution in [2.75, 3.05) is 14.2 Å². The summed E-state index contributed by atoms with van der Waals surface area (Å²) in [6.45, 7) is 0. The van der Waals surface area contributed by atoms with E-state index in [1.54, 1.807) is 0 Å². The molecule has 0 aromatic heterocycles. The molecule has 0 saturated carbocycles. The van der Waals surface area contributed by atoms with Crippen molar-refractivity contribution in [3.05, 3.63) is 27.8 Å². The number of amides is 1. The van der Waals surface area contributed by atoms with Gasteiger partial charge in [0.15, 0.2) is 5.75 Å². The van der Waals surface area contributed by atoms with Crippen molar-refractivity contribution in [2.45, 2.75) is 0 Å². The van der Waals surface area contributed by atoms with Gasteiger partial charge in [0.1, 0.15) is 0 Å². The van der Waals surface area contributed by atoms with Crippen molar-refractivity contribution in [3.8, 4) is 11.5 Å². The maximum atomic E-state index is 10.9. The van der Waals surface area contributed by atoms with Crippen LogP contribution in [0.3, 0.4) is 0 Å². The van der Waals surface area contributed by atoms with Gasteiger partial charge in [0.2, 0.25) is 11.7 Å². The van der Waals surface area contributed by atoms with Crippen LogP contribution in [0.5, 0.6) is 11.5 Å². The number of nitrogens with zero attached hydrogens (tertiary/aromatic N) is 1. The maximum absolute atomic E-state index is 10.9. The number of rotatable bonds is 4. The number of primary amides is 1. The zero-order valence-corrected chi connectivity index (χ0v) is 8.72. The third-order valence-electron chi connectivity index (χ3n) is 1.94. The summed E-state index contributed by atoms with van der Waals surface area (Å²) >= 11 is 0. The first-order chi connectivity index (χ1) is 7.51. The molecule has 7 heteroatoms. The van der Waals surface area contributed by atoms with Gasteiger partial charge in [0, 0.05) is 11.6 Å². The lowest BCUT2D eigenvalue weighted by molar-refractivity contribution is -0.385. The number of ether oxygens (including phenoxy) is 2. The van der Waals surface area contributed by atoms with Crippen molar-refractivity contribution >= 4 is 11.6 Å². The number of methoxy groups -OCH3 is 2. The van der Waals surface area contributed by atoms with Crippen LogP contribution < -0.4 is 15.2 Å². The Kier molecular flexibility index (Phi) is 3.29. The first-order valence-electron chi connectivity index (χ1n) is 4.21. The molecule has 2 N–H and O–H groups in total. The van der Waals surface area contributed by atoms with Gasteiger partial charge in [-0.15, -0.1) is 0 Å². The van der Waals surface area contributed by atoms with Gasteiger partial charge in [-0.3, -0.25) is 14.9 Å². The van der Waals surface area contributed by atoms with Gasteiger partial charge in [0.25, 0.3) is 0 Å². The minimum Gasteiger partial charge on any atom is -0.493 e. The van der Waals surface area contributed by atoms with Gasteiger partial charge in [-0.2, -0.15) is 0 Å². The van der Waals surface area contributed by atoms with E-state index in [1.807, 2.05) is 0 Å². The van der Waals surface area contributed by atoms with E-state index in [0.717, 1.165) is 6.07 Å². The smallest absolute Gasteiger partial charge is 0.315 e. The van der Waals surface area contributed by atoms with E-state index in [4.69, 9.17) is 15.2 Å². The third-order valence-corrected chi connectivity index (χ3v) is 1.94. The second-order valence-electron chi connectivity index (χ2n) is 2.85. The summed E-state index contributed by atoms with van der Waals surface area (Å²) in [7, 11) is 2.58. The Balaban J connectivity index is 3.49. The van der Waals surface area contributed by atoms with Gasteiger partial charge < -0.3 is 15.2 Å².